The maximum absolute atomic E-state index is 9.39. The second-order valence-corrected chi connectivity index (χ2v) is 2.39. The molecule has 0 unspecified atom stereocenters. The minimum Gasteiger partial charge on any atom is -0.507 e. The van der Waals surface area contributed by atoms with Crippen LogP contribution in [0.1, 0.15) is 27.7 Å². The van der Waals surface area contributed by atoms with Gasteiger partial charge in [0.25, 0.3) is 0 Å². The van der Waals surface area contributed by atoms with Gasteiger partial charge in [-0.2, -0.15) is 0 Å². The van der Waals surface area contributed by atoms with Crippen LogP contribution in [0.3, 0.4) is 0 Å². The summed E-state index contributed by atoms with van der Waals surface area (Å²) in [7, 11) is 0. The molecule has 0 fully saturated rings. The Balaban J connectivity index is 0.000000509. The number of aromatic nitrogens is 1. The van der Waals surface area contributed by atoms with Crippen LogP contribution in [-0.2, 0) is 0 Å². The largest absolute Gasteiger partial charge is 0.507 e. The molecule has 0 aliphatic carbocycles. The molecule has 0 atom stereocenters. The van der Waals surface area contributed by atoms with Crippen molar-refractivity contribution in [1.29, 1.82) is 0 Å². The number of hydrogen-bond donors (Lipinski definition) is 1. The monoisotopic (exact) mass is 221 g/mol. The number of phenolic OH excluding ortho intramolecular Hbond substituents is 1. The lowest BCUT2D eigenvalue weighted by Gasteiger charge is -1.97. The van der Waals surface area contributed by atoms with Gasteiger partial charge in [0.1, 0.15) is 5.75 Å². The van der Waals surface area contributed by atoms with Crippen molar-refractivity contribution in [3.05, 3.63) is 36.5 Å². The average Bonchev–Trinajstić information content (AvgIpc) is 2.88. The van der Waals surface area contributed by atoms with Crippen LogP contribution in [0.2, 0.25) is 0 Å². The molecule has 1 heterocycles. The van der Waals surface area contributed by atoms with E-state index in [0.29, 0.717) is 11.3 Å². The Bertz CT molecular complexity index is 369. The molecular formula is C13H19NO2. The van der Waals surface area contributed by atoms with Crippen LogP contribution in [0.5, 0.6) is 5.75 Å². The fraction of sp³-hybridized carbons (Fsp3) is 0.308. The molecule has 2 rings (SSSR count). The summed E-state index contributed by atoms with van der Waals surface area (Å²) >= 11 is 0. The van der Waals surface area contributed by atoms with Crippen molar-refractivity contribution < 1.29 is 9.63 Å². The van der Waals surface area contributed by atoms with Crippen molar-refractivity contribution in [2.75, 3.05) is 0 Å². The fourth-order valence-electron chi connectivity index (χ4n) is 1.04. The highest BCUT2D eigenvalue weighted by Crippen LogP contribution is 2.27. The summed E-state index contributed by atoms with van der Waals surface area (Å²) in [6.07, 6.45) is 1.54. The third-order valence-electron chi connectivity index (χ3n) is 1.61. The van der Waals surface area contributed by atoms with E-state index in [1.165, 1.54) is 0 Å². The minimum absolute atomic E-state index is 0.203. The lowest BCUT2D eigenvalue weighted by atomic mass is 10.1. The van der Waals surface area contributed by atoms with Crippen LogP contribution in [0.4, 0.5) is 0 Å². The molecule has 1 aromatic heterocycles. The van der Waals surface area contributed by atoms with Crippen molar-refractivity contribution in [3.8, 4) is 17.1 Å². The molecule has 0 spiro atoms. The Morgan fingerprint density at radius 1 is 1.00 bits per heavy atom. The molecule has 88 valence electrons. The highest BCUT2D eigenvalue weighted by molar-refractivity contribution is 5.64. The molecule has 0 saturated carbocycles. The van der Waals surface area contributed by atoms with Crippen LogP contribution in [0.25, 0.3) is 11.3 Å². The first-order chi connectivity index (χ1) is 7.88. The van der Waals surface area contributed by atoms with Gasteiger partial charge < -0.3 is 9.63 Å². The smallest absolute Gasteiger partial charge is 0.170 e. The number of hydrogen-bond acceptors (Lipinski definition) is 3. The standard InChI is InChI=1S/C9H7NO2.2C2H6/c11-8-4-2-1-3-7(8)9-5-6-10-12-9;2*1-2/h1-6,11H;2*1-2H3. The molecule has 2 aromatic rings. The molecule has 0 bridgehead atoms. The summed E-state index contributed by atoms with van der Waals surface area (Å²) in [5.41, 5.74) is 0.662. The number of nitrogens with zero attached hydrogens (tertiary/aromatic N) is 1. The molecule has 0 saturated heterocycles. The predicted molar refractivity (Wildman–Crippen MR) is 66.3 cm³/mol. The Hall–Kier alpha value is -1.77. The van der Waals surface area contributed by atoms with E-state index in [1.807, 2.05) is 33.8 Å². The third-order valence-corrected chi connectivity index (χ3v) is 1.61. The van der Waals surface area contributed by atoms with E-state index in [1.54, 1.807) is 30.5 Å². The van der Waals surface area contributed by atoms with E-state index in [0.717, 1.165) is 0 Å². The van der Waals surface area contributed by atoms with Crippen molar-refractivity contribution in [2.24, 2.45) is 0 Å². The van der Waals surface area contributed by atoms with Gasteiger partial charge in [0.05, 0.1) is 11.8 Å². The van der Waals surface area contributed by atoms with Gasteiger partial charge >= 0.3 is 0 Å². The number of benzene rings is 1. The highest BCUT2D eigenvalue weighted by atomic mass is 16.5. The molecule has 0 aliphatic heterocycles. The highest BCUT2D eigenvalue weighted by Gasteiger charge is 2.05. The van der Waals surface area contributed by atoms with Gasteiger partial charge in [-0.25, -0.2) is 0 Å². The topological polar surface area (TPSA) is 46.3 Å². The van der Waals surface area contributed by atoms with Gasteiger partial charge in [0.15, 0.2) is 5.76 Å². The first kappa shape index (κ1) is 14.2. The average molecular weight is 221 g/mol. The molecule has 16 heavy (non-hydrogen) atoms. The zero-order valence-electron chi connectivity index (χ0n) is 10.3. The van der Waals surface area contributed by atoms with Gasteiger partial charge in [-0.15, -0.1) is 0 Å². The summed E-state index contributed by atoms with van der Waals surface area (Å²) < 4.78 is 4.89. The van der Waals surface area contributed by atoms with Crippen molar-refractivity contribution in [3.63, 3.8) is 0 Å². The van der Waals surface area contributed by atoms with Crippen LogP contribution in [-0.4, -0.2) is 10.3 Å². The summed E-state index contributed by atoms with van der Waals surface area (Å²) in [4.78, 5) is 0. The molecule has 0 radical (unpaired) electrons. The molecule has 1 N–H and O–H groups in total. The van der Waals surface area contributed by atoms with E-state index in [4.69, 9.17) is 4.52 Å². The molecule has 3 nitrogen and oxygen atoms in total. The maximum atomic E-state index is 9.39. The van der Waals surface area contributed by atoms with E-state index >= 15 is 0 Å². The van der Waals surface area contributed by atoms with Gasteiger partial charge in [0.2, 0.25) is 0 Å². The van der Waals surface area contributed by atoms with Crippen molar-refractivity contribution in [1.82, 2.24) is 5.16 Å². The zero-order chi connectivity index (χ0) is 12.4. The third kappa shape index (κ3) is 3.77. The molecular weight excluding hydrogens is 202 g/mol. The SMILES string of the molecule is CC.CC.Oc1ccccc1-c1ccno1. The van der Waals surface area contributed by atoms with E-state index in [9.17, 15) is 5.11 Å². The van der Waals surface area contributed by atoms with Crippen LogP contribution < -0.4 is 0 Å². The quantitative estimate of drug-likeness (QED) is 0.788. The van der Waals surface area contributed by atoms with Gasteiger partial charge in [0, 0.05) is 6.07 Å². The lowest BCUT2D eigenvalue weighted by Crippen LogP contribution is -1.73. The lowest BCUT2D eigenvalue weighted by molar-refractivity contribution is 0.426. The van der Waals surface area contributed by atoms with Crippen molar-refractivity contribution in [2.45, 2.75) is 27.7 Å². The molecule has 0 amide bonds. The summed E-state index contributed by atoms with van der Waals surface area (Å²) in [5, 5.41) is 12.9. The Morgan fingerprint density at radius 3 is 2.12 bits per heavy atom. The number of phenols is 1. The number of para-hydroxylation sites is 1. The van der Waals surface area contributed by atoms with Gasteiger partial charge in [-0.1, -0.05) is 45.0 Å². The summed E-state index contributed by atoms with van der Waals surface area (Å²) in [6.45, 7) is 8.00. The number of rotatable bonds is 1. The Labute approximate surface area is 96.7 Å². The van der Waals surface area contributed by atoms with E-state index < -0.39 is 0 Å². The van der Waals surface area contributed by atoms with Gasteiger partial charge in [-0.05, 0) is 12.1 Å². The second kappa shape index (κ2) is 8.53. The Kier molecular flexibility index (Phi) is 7.59. The zero-order valence-corrected chi connectivity index (χ0v) is 10.3. The van der Waals surface area contributed by atoms with E-state index in [2.05, 4.69) is 5.16 Å². The fourth-order valence-corrected chi connectivity index (χ4v) is 1.04. The predicted octanol–water partition coefficient (Wildman–Crippen LogP) is 4.10. The van der Waals surface area contributed by atoms with Crippen LogP contribution in [0, 0.1) is 0 Å². The molecule has 0 aliphatic rings. The summed E-state index contributed by atoms with van der Waals surface area (Å²) in [5.74, 6) is 0.780. The molecule has 3 heteroatoms. The number of aromatic hydroxyl groups is 1. The normalized spacial score (nSPS) is 8.25. The maximum Gasteiger partial charge on any atom is 0.170 e. The first-order valence-corrected chi connectivity index (χ1v) is 5.57. The van der Waals surface area contributed by atoms with E-state index in [-0.39, 0.29) is 5.75 Å². The second-order valence-electron chi connectivity index (χ2n) is 2.39. The molecule has 1 aromatic carbocycles. The summed E-state index contributed by atoms with van der Waals surface area (Å²) in [6, 6.07) is 8.68. The van der Waals surface area contributed by atoms with Gasteiger partial charge in [-0.3, -0.25) is 0 Å². The van der Waals surface area contributed by atoms with Crippen LogP contribution in [0.15, 0.2) is 41.1 Å². The Morgan fingerprint density at radius 2 is 1.62 bits per heavy atom. The van der Waals surface area contributed by atoms with Crippen LogP contribution >= 0.6 is 0 Å². The minimum atomic E-state index is 0.203. The van der Waals surface area contributed by atoms with Crippen molar-refractivity contribution >= 4 is 0 Å². The first-order valence-electron chi connectivity index (χ1n) is 5.57.